The molecule has 0 aliphatic carbocycles. The van der Waals surface area contributed by atoms with Crippen LogP contribution in [0.3, 0.4) is 0 Å². The molecule has 0 aromatic heterocycles. The van der Waals surface area contributed by atoms with Crippen LogP contribution in [0.25, 0.3) is 0 Å². The maximum atomic E-state index is 12.3. The normalized spacial score (nSPS) is 13.2. The molecule has 1 aromatic rings. The zero-order chi connectivity index (χ0) is 15.0. The number of nitrogens with one attached hydrogen (secondary N) is 1. The fourth-order valence-corrected chi connectivity index (χ4v) is 2.68. The summed E-state index contributed by atoms with van der Waals surface area (Å²) in [6.45, 7) is 3.51. The number of benzene rings is 1. The van der Waals surface area contributed by atoms with Gasteiger partial charge in [-0.15, -0.1) is 0 Å². The average molecular weight is 349 g/mol. The number of rotatable bonds is 9. The Morgan fingerprint density at radius 3 is 2.60 bits per heavy atom. The molecule has 0 aliphatic heterocycles. The number of alkyl halides is 2. The summed E-state index contributed by atoms with van der Waals surface area (Å²) in [5.41, 5.74) is 1.19. The van der Waals surface area contributed by atoms with E-state index in [1.54, 1.807) is 11.9 Å². The van der Waals surface area contributed by atoms with E-state index in [2.05, 4.69) is 34.2 Å². The Morgan fingerprint density at radius 1 is 1.30 bits per heavy atom. The van der Waals surface area contributed by atoms with Crippen molar-refractivity contribution in [3.63, 3.8) is 0 Å². The predicted octanol–water partition coefficient (Wildman–Crippen LogP) is 4.08. The first-order valence-corrected chi connectivity index (χ1v) is 7.78. The van der Waals surface area contributed by atoms with Gasteiger partial charge in [0.1, 0.15) is 0 Å². The average Bonchev–Trinajstić information content (AvgIpc) is 2.39. The third-order valence-electron chi connectivity index (χ3n) is 3.17. The first-order chi connectivity index (χ1) is 9.54. The molecule has 1 unspecified atom stereocenters. The quantitative estimate of drug-likeness (QED) is 0.723. The molecule has 1 N–H and O–H groups in total. The Labute approximate surface area is 128 Å². The van der Waals surface area contributed by atoms with Crippen molar-refractivity contribution < 1.29 is 8.78 Å². The molecule has 1 aromatic carbocycles. The third-order valence-corrected chi connectivity index (χ3v) is 3.89. The Bertz CT molecular complexity index is 388. The van der Waals surface area contributed by atoms with Crippen LogP contribution in [0.1, 0.15) is 31.4 Å². The lowest BCUT2D eigenvalue weighted by molar-refractivity contribution is 0.0984. The monoisotopic (exact) mass is 348 g/mol. The molecule has 0 spiro atoms. The van der Waals surface area contributed by atoms with Crippen LogP contribution in [0.2, 0.25) is 0 Å². The summed E-state index contributed by atoms with van der Waals surface area (Å²) < 4.78 is 25.7. The van der Waals surface area contributed by atoms with Crippen LogP contribution >= 0.6 is 15.9 Å². The van der Waals surface area contributed by atoms with Crippen LogP contribution in [-0.2, 0) is 0 Å². The van der Waals surface area contributed by atoms with Crippen molar-refractivity contribution in [3.8, 4) is 0 Å². The highest BCUT2D eigenvalue weighted by Crippen LogP contribution is 2.25. The highest BCUT2D eigenvalue weighted by Gasteiger charge is 2.15. The Kier molecular flexibility index (Phi) is 8.26. The van der Waals surface area contributed by atoms with Gasteiger partial charge < -0.3 is 10.2 Å². The van der Waals surface area contributed by atoms with Gasteiger partial charge in [-0.05, 0) is 44.6 Å². The minimum atomic E-state index is -2.27. The van der Waals surface area contributed by atoms with Gasteiger partial charge in [0, 0.05) is 10.5 Å². The minimum Gasteiger partial charge on any atom is -0.310 e. The van der Waals surface area contributed by atoms with Gasteiger partial charge in [-0.1, -0.05) is 41.1 Å². The summed E-state index contributed by atoms with van der Waals surface area (Å²) in [6, 6.07) is 8.26. The molecule has 0 aliphatic rings. The summed E-state index contributed by atoms with van der Waals surface area (Å²) >= 11 is 3.56. The van der Waals surface area contributed by atoms with Crippen LogP contribution in [-0.4, -0.2) is 38.0 Å². The van der Waals surface area contributed by atoms with Gasteiger partial charge in [0.25, 0.3) is 6.43 Å². The van der Waals surface area contributed by atoms with E-state index in [0.29, 0.717) is 6.54 Å². The molecule has 5 heteroatoms. The number of halogens is 3. The van der Waals surface area contributed by atoms with Gasteiger partial charge in [-0.25, -0.2) is 8.78 Å². The minimum absolute atomic E-state index is 0.170. The Morgan fingerprint density at radius 2 is 2.00 bits per heavy atom. The first-order valence-electron chi connectivity index (χ1n) is 6.99. The van der Waals surface area contributed by atoms with Crippen LogP contribution in [0.4, 0.5) is 8.78 Å². The van der Waals surface area contributed by atoms with Crippen LogP contribution < -0.4 is 5.32 Å². The van der Waals surface area contributed by atoms with Crippen molar-refractivity contribution in [2.24, 2.45) is 0 Å². The van der Waals surface area contributed by atoms with Gasteiger partial charge in [0.05, 0.1) is 6.54 Å². The van der Waals surface area contributed by atoms with E-state index < -0.39 is 6.43 Å². The Hall–Kier alpha value is -0.520. The predicted molar refractivity (Wildman–Crippen MR) is 83.3 cm³/mol. The van der Waals surface area contributed by atoms with Crippen molar-refractivity contribution >= 4 is 15.9 Å². The smallest absolute Gasteiger partial charge is 0.251 e. The molecule has 0 heterocycles. The zero-order valence-electron chi connectivity index (χ0n) is 12.1. The molecule has 0 amide bonds. The topological polar surface area (TPSA) is 15.3 Å². The van der Waals surface area contributed by atoms with Crippen molar-refractivity contribution in [3.05, 3.63) is 34.3 Å². The summed E-state index contributed by atoms with van der Waals surface area (Å²) in [4.78, 5) is 1.68. The van der Waals surface area contributed by atoms with E-state index in [1.807, 2.05) is 18.2 Å². The van der Waals surface area contributed by atoms with E-state index in [1.165, 1.54) is 5.56 Å². The number of hydrogen-bond acceptors (Lipinski definition) is 2. The van der Waals surface area contributed by atoms with Gasteiger partial charge in [-0.2, -0.15) is 0 Å². The summed E-state index contributed by atoms with van der Waals surface area (Å²) in [6.07, 6.45) is -0.412. The lowest BCUT2D eigenvalue weighted by Crippen LogP contribution is -2.30. The van der Waals surface area contributed by atoms with Gasteiger partial charge in [-0.3, -0.25) is 0 Å². The maximum absolute atomic E-state index is 12.3. The summed E-state index contributed by atoms with van der Waals surface area (Å²) in [7, 11) is 1.74. The first kappa shape index (κ1) is 17.5. The molecule has 0 fully saturated rings. The largest absolute Gasteiger partial charge is 0.310 e. The number of hydrogen-bond donors (Lipinski definition) is 1. The highest BCUT2D eigenvalue weighted by atomic mass is 79.9. The Balaban J connectivity index is 2.63. The van der Waals surface area contributed by atoms with Crippen LogP contribution in [0.15, 0.2) is 28.7 Å². The molecule has 1 atom stereocenters. The van der Waals surface area contributed by atoms with Gasteiger partial charge in [0.15, 0.2) is 0 Å². The molecule has 0 saturated heterocycles. The van der Waals surface area contributed by atoms with Gasteiger partial charge >= 0.3 is 0 Å². The molecular weight excluding hydrogens is 326 g/mol. The SMILES string of the molecule is CCCNC(CCN(C)CC(F)F)c1ccccc1Br. The van der Waals surface area contributed by atoms with E-state index in [-0.39, 0.29) is 12.6 Å². The molecular formula is C15H23BrF2N2. The second-order valence-corrected chi connectivity index (χ2v) is 5.82. The molecule has 20 heavy (non-hydrogen) atoms. The molecule has 1 rings (SSSR count). The van der Waals surface area contributed by atoms with Crippen molar-refractivity contribution in [2.45, 2.75) is 32.2 Å². The fourth-order valence-electron chi connectivity index (χ4n) is 2.12. The maximum Gasteiger partial charge on any atom is 0.251 e. The second kappa shape index (κ2) is 9.42. The van der Waals surface area contributed by atoms with E-state index in [4.69, 9.17) is 0 Å². The van der Waals surface area contributed by atoms with Crippen LogP contribution in [0.5, 0.6) is 0 Å². The lowest BCUT2D eigenvalue weighted by Gasteiger charge is -2.23. The van der Waals surface area contributed by atoms with Gasteiger partial charge in [0.2, 0.25) is 0 Å². The molecule has 0 radical (unpaired) electrons. The standard InChI is InChI=1S/C15H23BrF2N2/c1-3-9-19-14(8-10-20(2)11-15(17)18)12-6-4-5-7-13(12)16/h4-7,14-15,19H,3,8-11H2,1-2H3. The zero-order valence-corrected chi connectivity index (χ0v) is 13.7. The molecule has 0 saturated carbocycles. The van der Waals surface area contributed by atoms with Crippen LogP contribution in [0, 0.1) is 0 Å². The van der Waals surface area contributed by atoms with E-state index in [9.17, 15) is 8.78 Å². The lowest BCUT2D eigenvalue weighted by atomic mass is 10.0. The van der Waals surface area contributed by atoms with Crippen molar-refractivity contribution in [1.29, 1.82) is 0 Å². The third kappa shape index (κ3) is 6.29. The summed E-state index contributed by atoms with van der Waals surface area (Å²) in [5, 5.41) is 3.49. The fraction of sp³-hybridized carbons (Fsp3) is 0.600. The van der Waals surface area contributed by atoms with E-state index in [0.717, 1.165) is 23.9 Å². The molecule has 2 nitrogen and oxygen atoms in total. The molecule has 114 valence electrons. The van der Waals surface area contributed by atoms with E-state index >= 15 is 0 Å². The number of nitrogens with zero attached hydrogens (tertiary/aromatic N) is 1. The summed E-state index contributed by atoms with van der Waals surface area (Å²) in [5.74, 6) is 0. The molecule has 0 bridgehead atoms. The van der Waals surface area contributed by atoms with Crippen molar-refractivity contribution in [1.82, 2.24) is 10.2 Å². The highest BCUT2D eigenvalue weighted by molar-refractivity contribution is 9.10. The second-order valence-electron chi connectivity index (χ2n) is 4.97. The van der Waals surface area contributed by atoms with Crippen molar-refractivity contribution in [2.75, 3.05) is 26.7 Å².